The van der Waals surface area contributed by atoms with Crippen LogP contribution in [0.5, 0.6) is 0 Å². The molecule has 1 atom stereocenters. The zero-order valence-corrected chi connectivity index (χ0v) is 23.3. The molecule has 0 saturated heterocycles. The van der Waals surface area contributed by atoms with E-state index in [2.05, 4.69) is 57.2 Å². The maximum absolute atomic E-state index is 9.67. The monoisotopic (exact) mass is 515 g/mol. The lowest BCUT2D eigenvalue weighted by Gasteiger charge is -2.36. The minimum absolute atomic E-state index is 0.146. The minimum Gasteiger partial charge on any atom is -0.411 e. The number of aliphatic hydroxyl groups excluding tert-OH is 1. The second-order valence-electron chi connectivity index (χ2n) is 11.7. The molecule has 194 valence electrons. The van der Waals surface area contributed by atoms with Crippen LogP contribution in [0.3, 0.4) is 0 Å². The van der Waals surface area contributed by atoms with Crippen LogP contribution in [-0.2, 0) is 11.0 Å². The highest BCUT2D eigenvalue weighted by Crippen LogP contribution is 2.38. The van der Waals surface area contributed by atoms with Gasteiger partial charge in [-0.15, -0.1) is 0 Å². The van der Waals surface area contributed by atoms with Crippen LogP contribution in [0.1, 0.15) is 51.0 Å². The number of aliphatic hydroxyl groups is 1. The predicted molar refractivity (Wildman–Crippen MR) is 150 cm³/mol. The molecule has 0 unspecified atom stereocenters. The molecular weight excluding hydrogens is 478 g/mol. The predicted octanol–water partition coefficient (Wildman–Crippen LogP) is 5.78. The van der Waals surface area contributed by atoms with E-state index in [4.69, 9.17) is 20.1 Å². The second-order valence-corrected chi connectivity index (χ2v) is 16.5. The molecule has 1 fully saturated rings. The van der Waals surface area contributed by atoms with Crippen molar-refractivity contribution in [3.8, 4) is 17.1 Å². The van der Waals surface area contributed by atoms with Gasteiger partial charge in [-0.3, -0.25) is 4.98 Å². The minimum atomic E-state index is -1.87. The molecular formula is C29H37N5O2Si. The molecule has 1 aromatic carbocycles. The van der Waals surface area contributed by atoms with Gasteiger partial charge in [0.15, 0.2) is 14.1 Å². The van der Waals surface area contributed by atoms with Crippen molar-refractivity contribution in [1.82, 2.24) is 19.7 Å². The Morgan fingerprint density at radius 3 is 2.57 bits per heavy atom. The molecule has 7 nitrogen and oxygen atoms in total. The van der Waals surface area contributed by atoms with Crippen LogP contribution in [0, 0.1) is 5.92 Å². The van der Waals surface area contributed by atoms with Crippen molar-refractivity contribution in [3.63, 3.8) is 0 Å². The average Bonchev–Trinajstić information content (AvgIpc) is 3.28. The maximum Gasteiger partial charge on any atom is 0.192 e. The molecule has 0 aliphatic heterocycles. The van der Waals surface area contributed by atoms with Gasteiger partial charge < -0.3 is 15.3 Å². The topological polar surface area (TPSA) is 99.1 Å². The molecule has 3 N–H and O–H groups in total. The molecule has 8 heteroatoms. The molecule has 5 rings (SSSR count). The summed E-state index contributed by atoms with van der Waals surface area (Å²) in [5.41, 5.74) is 11.1. The fraction of sp³-hybridized carbons (Fsp3) is 0.414. The van der Waals surface area contributed by atoms with Crippen molar-refractivity contribution in [2.75, 3.05) is 0 Å². The number of hydrogen-bond donors (Lipinski definition) is 2. The fourth-order valence-corrected chi connectivity index (χ4v) is 5.40. The summed E-state index contributed by atoms with van der Waals surface area (Å²) in [5, 5.41) is 15.5. The Morgan fingerprint density at radius 1 is 1.08 bits per heavy atom. The molecule has 3 heterocycles. The lowest BCUT2D eigenvalue weighted by molar-refractivity contribution is 0.0302. The second kappa shape index (κ2) is 9.76. The van der Waals surface area contributed by atoms with Crippen molar-refractivity contribution in [2.45, 2.75) is 70.5 Å². The Bertz CT molecular complexity index is 1400. The van der Waals surface area contributed by atoms with Gasteiger partial charge in [0.05, 0.1) is 47.5 Å². The lowest BCUT2D eigenvalue weighted by atomic mass is 9.76. The smallest absolute Gasteiger partial charge is 0.192 e. The van der Waals surface area contributed by atoms with E-state index >= 15 is 0 Å². The van der Waals surface area contributed by atoms with E-state index in [0.29, 0.717) is 6.61 Å². The van der Waals surface area contributed by atoms with Crippen LogP contribution in [0.25, 0.3) is 28.0 Å². The van der Waals surface area contributed by atoms with E-state index in [1.165, 1.54) is 0 Å². The number of fused-ring (bicyclic) bond motifs is 1. The van der Waals surface area contributed by atoms with Gasteiger partial charge in [0, 0.05) is 10.9 Å². The van der Waals surface area contributed by atoms with Crippen molar-refractivity contribution in [2.24, 2.45) is 11.7 Å². The summed E-state index contributed by atoms with van der Waals surface area (Å²) in [7, 11) is -1.87. The van der Waals surface area contributed by atoms with Gasteiger partial charge in [0.25, 0.3) is 0 Å². The Kier molecular flexibility index (Phi) is 6.78. The third-order valence-corrected chi connectivity index (χ3v) is 12.5. The van der Waals surface area contributed by atoms with E-state index < -0.39 is 8.32 Å². The van der Waals surface area contributed by atoms with Gasteiger partial charge in [-0.1, -0.05) is 45.0 Å². The highest BCUT2D eigenvalue weighted by Gasteiger charge is 2.37. The Morgan fingerprint density at radius 2 is 1.84 bits per heavy atom. The van der Waals surface area contributed by atoms with E-state index in [0.717, 1.165) is 52.2 Å². The van der Waals surface area contributed by atoms with Crippen molar-refractivity contribution in [3.05, 3.63) is 72.2 Å². The summed E-state index contributed by atoms with van der Waals surface area (Å²) in [6, 6.07) is 18.0. The van der Waals surface area contributed by atoms with Gasteiger partial charge in [0.1, 0.15) is 0 Å². The largest absolute Gasteiger partial charge is 0.411 e. The van der Waals surface area contributed by atoms with Gasteiger partial charge >= 0.3 is 0 Å². The highest BCUT2D eigenvalue weighted by molar-refractivity contribution is 6.74. The van der Waals surface area contributed by atoms with E-state index in [9.17, 15) is 5.11 Å². The first-order valence-electron chi connectivity index (χ1n) is 13.0. The molecule has 4 aromatic rings. The molecule has 0 amide bonds. The molecule has 0 radical (unpaired) electrons. The molecule has 1 aliphatic carbocycles. The lowest BCUT2D eigenvalue weighted by Crippen LogP contribution is -2.40. The van der Waals surface area contributed by atoms with Crippen molar-refractivity contribution < 1.29 is 9.53 Å². The number of rotatable bonds is 7. The Balaban J connectivity index is 1.42. The molecule has 3 aromatic heterocycles. The number of nitrogens with two attached hydrogens (primary N) is 1. The van der Waals surface area contributed by atoms with Crippen LogP contribution in [-0.4, -0.2) is 39.3 Å². The third kappa shape index (κ3) is 5.24. The molecule has 0 spiro atoms. The van der Waals surface area contributed by atoms with Crippen molar-refractivity contribution in [1.29, 1.82) is 0 Å². The van der Waals surface area contributed by atoms with Crippen LogP contribution in [0.4, 0.5) is 0 Å². The summed E-state index contributed by atoms with van der Waals surface area (Å²) in [6.45, 7) is 11.7. The molecule has 1 aliphatic rings. The molecule has 37 heavy (non-hydrogen) atoms. The van der Waals surface area contributed by atoms with E-state index in [-0.39, 0.29) is 23.1 Å². The Hall–Kier alpha value is -2.91. The summed E-state index contributed by atoms with van der Waals surface area (Å²) >= 11 is 0. The van der Waals surface area contributed by atoms with Gasteiger partial charge in [0.2, 0.25) is 0 Å². The zero-order valence-electron chi connectivity index (χ0n) is 22.3. The fourth-order valence-electron chi connectivity index (χ4n) is 4.46. The van der Waals surface area contributed by atoms with Gasteiger partial charge in [-0.2, -0.15) is 5.10 Å². The summed E-state index contributed by atoms with van der Waals surface area (Å²) in [5.74, 6) is 1.04. The number of nitrogens with zero attached hydrogens (tertiary/aromatic N) is 4. The van der Waals surface area contributed by atoms with Gasteiger partial charge in [-0.05, 0) is 67.2 Å². The zero-order chi connectivity index (χ0) is 26.4. The average molecular weight is 516 g/mol. The first-order valence-corrected chi connectivity index (χ1v) is 15.9. The first-order chi connectivity index (χ1) is 17.5. The number of benzene rings is 1. The summed E-state index contributed by atoms with van der Waals surface area (Å²) in [6.07, 6.45) is 3.12. The quantitative estimate of drug-likeness (QED) is 0.303. The third-order valence-electron chi connectivity index (χ3n) is 8.03. The van der Waals surface area contributed by atoms with Gasteiger partial charge in [-0.25, -0.2) is 9.67 Å². The number of pyridine rings is 2. The normalized spacial score (nSPS) is 19.1. The van der Waals surface area contributed by atoms with Crippen LogP contribution in [0.15, 0.2) is 60.8 Å². The van der Waals surface area contributed by atoms with Crippen LogP contribution < -0.4 is 5.73 Å². The SMILES string of the molecule is CC(C)(C)[Si](C)(C)OCc1cccc(-n2ncc3ccc(-c4cccc([C@H](N)C5CC(O)C5)n4)cc32)n1. The molecule has 0 bridgehead atoms. The summed E-state index contributed by atoms with van der Waals surface area (Å²) < 4.78 is 8.27. The number of hydrogen-bond acceptors (Lipinski definition) is 6. The standard InChI is InChI=1S/C29H37N5O2Si/c1-29(2,3)37(4,5)36-18-22-8-6-11-27(32-22)34-26-16-19(12-13-20(26)17-31-34)24-9-7-10-25(33-24)28(30)21-14-23(35)15-21/h6-13,16-17,21,23,28,35H,14-15,18,30H2,1-5H3/t21?,23?,28-/m1/s1. The molecule has 1 saturated carbocycles. The van der Waals surface area contributed by atoms with Crippen molar-refractivity contribution >= 4 is 19.2 Å². The van der Waals surface area contributed by atoms with E-state index in [1.54, 1.807) is 0 Å². The summed E-state index contributed by atoms with van der Waals surface area (Å²) in [4.78, 5) is 9.76. The number of aromatic nitrogens is 4. The maximum atomic E-state index is 9.67. The Labute approximate surface area is 219 Å². The first kappa shape index (κ1) is 25.7. The van der Waals surface area contributed by atoms with Crippen LogP contribution >= 0.6 is 0 Å². The highest BCUT2D eigenvalue weighted by atomic mass is 28.4. The van der Waals surface area contributed by atoms with Crippen LogP contribution in [0.2, 0.25) is 18.1 Å². The van der Waals surface area contributed by atoms with E-state index in [1.807, 2.05) is 47.3 Å².